The quantitative estimate of drug-likeness (QED) is 0.799. The third-order valence-corrected chi connectivity index (χ3v) is 4.52. The predicted octanol–water partition coefficient (Wildman–Crippen LogP) is 0.857. The summed E-state index contributed by atoms with van der Waals surface area (Å²) in [5.74, 6) is -0.177. The highest BCUT2D eigenvalue weighted by atomic mass is 16.5. The number of piperidine rings is 1. The molecule has 7 nitrogen and oxygen atoms in total. The molecule has 0 aromatic heterocycles. The summed E-state index contributed by atoms with van der Waals surface area (Å²) in [6.07, 6.45) is 0.781. The Balaban J connectivity index is 2.30. The molecular weight excluding hydrogens is 322 g/mol. The number of amides is 3. The molecule has 0 unspecified atom stereocenters. The molecule has 2 rings (SSSR count). The number of nitrogens with one attached hydrogen (secondary N) is 2. The summed E-state index contributed by atoms with van der Waals surface area (Å²) in [5, 5.41) is 5.14. The van der Waals surface area contributed by atoms with Crippen molar-refractivity contribution in [3.63, 3.8) is 0 Å². The van der Waals surface area contributed by atoms with Gasteiger partial charge in [0.2, 0.25) is 17.7 Å². The average molecular weight is 347 g/mol. The van der Waals surface area contributed by atoms with Crippen LogP contribution in [0.5, 0.6) is 5.75 Å². The molecule has 1 heterocycles. The van der Waals surface area contributed by atoms with Crippen molar-refractivity contribution in [2.75, 3.05) is 27.2 Å². The van der Waals surface area contributed by atoms with Gasteiger partial charge in [-0.05, 0) is 31.0 Å². The minimum Gasteiger partial charge on any atom is -0.497 e. The third kappa shape index (κ3) is 4.29. The molecule has 0 bridgehead atoms. The van der Waals surface area contributed by atoms with E-state index in [0.29, 0.717) is 25.1 Å². The first-order chi connectivity index (χ1) is 12.0. The number of carbonyl (C=O) groups is 3. The Kier molecular flexibility index (Phi) is 6.38. The van der Waals surface area contributed by atoms with Crippen LogP contribution >= 0.6 is 0 Å². The van der Waals surface area contributed by atoms with Crippen LogP contribution in [-0.4, -0.2) is 49.9 Å². The molecule has 0 spiro atoms. The maximum atomic E-state index is 12.7. The SMILES string of the molecule is CCN1C(=O)CC[C@@H](C(=O)NCC(=O)NC)[C@@H]1c1cccc(OC)c1. The zero-order valence-corrected chi connectivity index (χ0v) is 14.9. The highest BCUT2D eigenvalue weighted by Crippen LogP contribution is 2.37. The lowest BCUT2D eigenvalue weighted by Gasteiger charge is -2.40. The maximum absolute atomic E-state index is 12.7. The van der Waals surface area contributed by atoms with Crippen molar-refractivity contribution in [1.29, 1.82) is 0 Å². The van der Waals surface area contributed by atoms with Gasteiger partial charge in [0.1, 0.15) is 5.75 Å². The standard InChI is InChI=1S/C18H25N3O4/c1-4-21-16(23)9-8-14(18(24)20-11-15(22)19-2)17(21)12-6-5-7-13(10-12)25-3/h5-7,10,14,17H,4,8-9,11H2,1-3H3,(H,19,22)(H,20,24)/t14-,17+/m1/s1. The Bertz CT molecular complexity index is 647. The highest BCUT2D eigenvalue weighted by molar-refractivity contribution is 5.88. The summed E-state index contributed by atoms with van der Waals surface area (Å²) < 4.78 is 5.27. The van der Waals surface area contributed by atoms with E-state index in [2.05, 4.69) is 10.6 Å². The topological polar surface area (TPSA) is 87.7 Å². The van der Waals surface area contributed by atoms with Crippen LogP contribution in [0.1, 0.15) is 31.4 Å². The second-order valence-corrected chi connectivity index (χ2v) is 5.94. The minimum atomic E-state index is -0.408. The lowest BCUT2D eigenvalue weighted by atomic mass is 9.83. The molecular formula is C18H25N3O4. The van der Waals surface area contributed by atoms with Gasteiger partial charge in [0.15, 0.2) is 0 Å². The van der Waals surface area contributed by atoms with Crippen LogP contribution in [0.2, 0.25) is 0 Å². The highest BCUT2D eigenvalue weighted by Gasteiger charge is 2.40. The number of carbonyl (C=O) groups excluding carboxylic acids is 3. The van der Waals surface area contributed by atoms with E-state index < -0.39 is 5.92 Å². The summed E-state index contributed by atoms with van der Waals surface area (Å²) in [4.78, 5) is 38.1. The van der Waals surface area contributed by atoms with Crippen molar-refractivity contribution in [1.82, 2.24) is 15.5 Å². The fraction of sp³-hybridized carbons (Fsp3) is 0.500. The molecule has 1 aromatic rings. The van der Waals surface area contributed by atoms with E-state index in [0.717, 1.165) is 5.56 Å². The first-order valence-electron chi connectivity index (χ1n) is 8.43. The molecule has 1 aliphatic heterocycles. The number of hydrogen-bond acceptors (Lipinski definition) is 4. The molecule has 1 aliphatic rings. The molecule has 2 N–H and O–H groups in total. The van der Waals surface area contributed by atoms with Crippen LogP contribution in [0.15, 0.2) is 24.3 Å². The maximum Gasteiger partial charge on any atom is 0.239 e. The van der Waals surface area contributed by atoms with E-state index in [9.17, 15) is 14.4 Å². The van der Waals surface area contributed by atoms with Crippen LogP contribution in [0.25, 0.3) is 0 Å². The molecule has 1 saturated heterocycles. The van der Waals surface area contributed by atoms with Gasteiger partial charge in [-0.2, -0.15) is 0 Å². The monoisotopic (exact) mass is 347 g/mol. The first-order valence-corrected chi connectivity index (χ1v) is 8.43. The number of nitrogens with zero attached hydrogens (tertiary/aromatic N) is 1. The van der Waals surface area contributed by atoms with Crippen molar-refractivity contribution in [2.45, 2.75) is 25.8 Å². The minimum absolute atomic E-state index is 0.0330. The van der Waals surface area contributed by atoms with Crippen LogP contribution in [0.4, 0.5) is 0 Å². The Labute approximate surface area is 147 Å². The van der Waals surface area contributed by atoms with Crippen LogP contribution < -0.4 is 15.4 Å². The van der Waals surface area contributed by atoms with E-state index in [1.54, 1.807) is 12.0 Å². The Morgan fingerprint density at radius 1 is 1.36 bits per heavy atom. The smallest absolute Gasteiger partial charge is 0.239 e. The fourth-order valence-electron chi connectivity index (χ4n) is 3.22. The van der Waals surface area contributed by atoms with Gasteiger partial charge in [-0.3, -0.25) is 14.4 Å². The van der Waals surface area contributed by atoms with Gasteiger partial charge in [-0.1, -0.05) is 12.1 Å². The molecule has 25 heavy (non-hydrogen) atoms. The molecule has 1 aromatic carbocycles. The number of ether oxygens (including phenoxy) is 1. The molecule has 0 radical (unpaired) electrons. The molecule has 7 heteroatoms. The van der Waals surface area contributed by atoms with Gasteiger partial charge >= 0.3 is 0 Å². The van der Waals surface area contributed by atoms with E-state index in [1.165, 1.54) is 7.05 Å². The lowest BCUT2D eigenvalue weighted by Crippen LogP contribution is -2.49. The molecule has 0 saturated carbocycles. The second kappa shape index (κ2) is 8.50. The normalized spacial score (nSPS) is 20.1. The third-order valence-electron chi connectivity index (χ3n) is 4.52. The van der Waals surface area contributed by atoms with Gasteiger partial charge < -0.3 is 20.3 Å². The van der Waals surface area contributed by atoms with Gasteiger partial charge in [0.25, 0.3) is 0 Å². The van der Waals surface area contributed by atoms with Gasteiger partial charge in [-0.15, -0.1) is 0 Å². The Morgan fingerprint density at radius 3 is 2.76 bits per heavy atom. The van der Waals surface area contributed by atoms with Gasteiger partial charge in [-0.25, -0.2) is 0 Å². The number of hydrogen-bond donors (Lipinski definition) is 2. The van der Waals surface area contributed by atoms with E-state index in [4.69, 9.17) is 4.74 Å². The molecule has 2 atom stereocenters. The van der Waals surface area contributed by atoms with Crippen molar-refractivity contribution in [3.05, 3.63) is 29.8 Å². The van der Waals surface area contributed by atoms with Crippen molar-refractivity contribution in [3.8, 4) is 5.75 Å². The zero-order valence-electron chi connectivity index (χ0n) is 14.9. The van der Waals surface area contributed by atoms with Gasteiger partial charge in [0.05, 0.1) is 25.6 Å². The van der Waals surface area contributed by atoms with Crippen LogP contribution in [0, 0.1) is 5.92 Å². The van der Waals surface area contributed by atoms with E-state index in [-0.39, 0.29) is 30.3 Å². The second-order valence-electron chi connectivity index (χ2n) is 5.94. The first kappa shape index (κ1) is 18.8. The zero-order chi connectivity index (χ0) is 18.4. The fourth-order valence-corrected chi connectivity index (χ4v) is 3.22. The molecule has 136 valence electrons. The van der Waals surface area contributed by atoms with E-state index in [1.807, 2.05) is 31.2 Å². The predicted molar refractivity (Wildman–Crippen MR) is 92.9 cm³/mol. The summed E-state index contributed by atoms with van der Waals surface area (Å²) in [6, 6.07) is 7.05. The number of methoxy groups -OCH3 is 1. The number of likely N-dealkylation sites (N-methyl/N-ethyl adjacent to an activating group) is 1. The summed E-state index contributed by atoms with van der Waals surface area (Å²) >= 11 is 0. The van der Waals surface area contributed by atoms with Crippen molar-refractivity contribution >= 4 is 17.7 Å². The summed E-state index contributed by atoms with van der Waals surface area (Å²) in [5.41, 5.74) is 0.856. The number of benzene rings is 1. The largest absolute Gasteiger partial charge is 0.497 e. The molecule has 0 aliphatic carbocycles. The van der Waals surface area contributed by atoms with Crippen molar-refractivity contribution in [2.24, 2.45) is 5.92 Å². The molecule has 1 fully saturated rings. The molecule has 3 amide bonds. The lowest BCUT2D eigenvalue weighted by molar-refractivity contribution is -0.143. The number of rotatable bonds is 6. The summed E-state index contributed by atoms with van der Waals surface area (Å²) in [7, 11) is 3.10. The van der Waals surface area contributed by atoms with E-state index >= 15 is 0 Å². The van der Waals surface area contributed by atoms with Gasteiger partial charge in [0, 0.05) is 20.0 Å². The van der Waals surface area contributed by atoms with Crippen molar-refractivity contribution < 1.29 is 19.1 Å². The summed E-state index contributed by atoms with van der Waals surface area (Å²) in [6.45, 7) is 2.34. The van der Waals surface area contributed by atoms with Crippen LogP contribution in [-0.2, 0) is 14.4 Å². The Morgan fingerprint density at radius 2 is 2.12 bits per heavy atom. The van der Waals surface area contributed by atoms with Crippen LogP contribution in [0.3, 0.4) is 0 Å². The number of likely N-dealkylation sites (tertiary alicyclic amines) is 1. The Hall–Kier alpha value is -2.57. The average Bonchev–Trinajstić information content (AvgIpc) is 2.65.